The second-order valence-corrected chi connectivity index (χ2v) is 4.76. The molecule has 0 atom stereocenters. The Hall–Kier alpha value is -1.27. The Morgan fingerprint density at radius 3 is 2.33 bits per heavy atom. The summed E-state index contributed by atoms with van der Waals surface area (Å²) in [6.45, 7) is 0. The smallest absolute Gasteiger partial charge is 0.238 e. The number of carbonyl (C=O) groups is 1. The number of halogens is 1. The summed E-state index contributed by atoms with van der Waals surface area (Å²) in [4.78, 5) is 11.7. The maximum atomic E-state index is 11.7. The molecule has 0 radical (unpaired) electrons. The van der Waals surface area contributed by atoms with Crippen molar-refractivity contribution >= 4 is 21.8 Å². The van der Waals surface area contributed by atoms with E-state index in [1.165, 1.54) is 0 Å². The van der Waals surface area contributed by atoms with Crippen LogP contribution in [-0.4, -0.2) is 39.2 Å². The van der Waals surface area contributed by atoms with Crippen LogP contribution in [0, 0.1) is 0 Å². The van der Waals surface area contributed by atoms with Gasteiger partial charge < -0.3 is 9.47 Å². The lowest BCUT2D eigenvalue weighted by molar-refractivity contribution is -0.124. The number of methoxy groups -OCH3 is 2. The zero-order chi connectivity index (χ0) is 13.7. The Balaban J connectivity index is 2.92. The molecular formula is C12H17BrN2O3. The number of rotatable bonds is 5. The molecule has 0 aromatic heterocycles. The van der Waals surface area contributed by atoms with E-state index in [4.69, 9.17) is 9.47 Å². The van der Waals surface area contributed by atoms with Gasteiger partial charge in [0, 0.05) is 18.6 Å². The van der Waals surface area contributed by atoms with Gasteiger partial charge in [-0.05, 0) is 17.7 Å². The van der Waals surface area contributed by atoms with E-state index in [1.54, 1.807) is 45.5 Å². The highest BCUT2D eigenvalue weighted by molar-refractivity contribution is 9.10. The van der Waals surface area contributed by atoms with Crippen molar-refractivity contribution < 1.29 is 14.3 Å². The highest BCUT2D eigenvalue weighted by Gasteiger charge is 2.12. The molecule has 1 N–H and O–H groups in total. The first-order valence-corrected chi connectivity index (χ1v) is 6.14. The first-order valence-electron chi connectivity index (χ1n) is 5.35. The number of hydrazine groups is 1. The van der Waals surface area contributed by atoms with Gasteiger partial charge in [-0.25, -0.2) is 5.01 Å². The lowest BCUT2D eigenvalue weighted by Crippen LogP contribution is -2.37. The van der Waals surface area contributed by atoms with Crippen molar-refractivity contribution in [2.75, 3.05) is 28.3 Å². The van der Waals surface area contributed by atoms with Crippen LogP contribution >= 0.6 is 15.9 Å². The van der Waals surface area contributed by atoms with Gasteiger partial charge in [0.2, 0.25) is 5.91 Å². The number of ether oxygens (including phenoxy) is 2. The van der Waals surface area contributed by atoms with Crippen molar-refractivity contribution in [3.05, 3.63) is 22.2 Å². The Morgan fingerprint density at radius 2 is 1.83 bits per heavy atom. The van der Waals surface area contributed by atoms with Crippen molar-refractivity contribution in [1.82, 2.24) is 10.4 Å². The second-order valence-electron chi connectivity index (χ2n) is 3.90. The normalized spacial score (nSPS) is 10.3. The largest absolute Gasteiger partial charge is 0.493 e. The first kappa shape index (κ1) is 14.8. The molecule has 0 fully saturated rings. The minimum absolute atomic E-state index is 0.0899. The molecule has 100 valence electrons. The van der Waals surface area contributed by atoms with E-state index in [2.05, 4.69) is 21.4 Å². The number of benzene rings is 1. The Bertz CT molecular complexity index is 436. The third kappa shape index (κ3) is 3.89. The van der Waals surface area contributed by atoms with E-state index >= 15 is 0 Å². The number of carbonyl (C=O) groups excluding carboxylic acids is 1. The standard InChI is InChI=1S/C12H17BrN2O3/c1-15(2)14-12(16)6-8-5-10(17-3)11(18-4)7-9(8)13/h5,7H,6H2,1-4H3,(H,14,16). The summed E-state index contributed by atoms with van der Waals surface area (Å²) in [6.07, 6.45) is 0.263. The van der Waals surface area contributed by atoms with Crippen LogP contribution in [0.15, 0.2) is 16.6 Å². The fourth-order valence-corrected chi connectivity index (χ4v) is 1.96. The van der Waals surface area contributed by atoms with Gasteiger partial charge in [-0.1, -0.05) is 15.9 Å². The average Bonchev–Trinajstić information content (AvgIpc) is 2.30. The summed E-state index contributed by atoms with van der Waals surface area (Å²) < 4.78 is 11.2. The average molecular weight is 317 g/mol. The lowest BCUT2D eigenvalue weighted by Gasteiger charge is -2.14. The molecule has 0 aliphatic carbocycles. The van der Waals surface area contributed by atoms with Gasteiger partial charge in [0.1, 0.15) is 0 Å². The van der Waals surface area contributed by atoms with E-state index in [9.17, 15) is 4.79 Å². The highest BCUT2D eigenvalue weighted by Crippen LogP contribution is 2.33. The Labute approximate surface area is 115 Å². The van der Waals surface area contributed by atoms with Gasteiger partial charge in [-0.15, -0.1) is 0 Å². The molecule has 6 heteroatoms. The van der Waals surface area contributed by atoms with Gasteiger partial charge in [0.25, 0.3) is 0 Å². The third-order valence-corrected chi connectivity index (χ3v) is 2.99. The molecule has 0 aliphatic heterocycles. The van der Waals surface area contributed by atoms with Crippen LogP contribution in [0.4, 0.5) is 0 Å². The maximum Gasteiger partial charge on any atom is 0.238 e. The zero-order valence-electron chi connectivity index (χ0n) is 10.9. The Morgan fingerprint density at radius 1 is 1.28 bits per heavy atom. The molecule has 0 unspecified atom stereocenters. The molecule has 1 aromatic rings. The predicted molar refractivity (Wildman–Crippen MR) is 72.8 cm³/mol. The SMILES string of the molecule is COc1cc(Br)c(CC(=O)NN(C)C)cc1OC. The Kier molecular flexibility index (Phi) is 5.43. The fraction of sp³-hybridized carbons (Fsp3) is 0.417. The van der Waals surface area contributed by atoms with Crippen molar-refractivity contribution in [3.63, 3.8) is 0 Å². The molecule has 0 aliphatic rings. The minimum atomic E-state index is -0.0899. The maximum absolute atomic E-state index is 11.7. The number of hydrogen-bond acceptors (Lipinski definition) is 4. The van der Waals surface area contributed by atoms with Crippen molar-refractivity contribution in [3.8, 4) is 11.5 Å². The van der Waals surface area contributed by atoms with Crippen molar-refractivity contribution in [1.29, 1.82) is 0 Å². The molecule has 0 bridgehead atoms. The molecule has 0 heterocycles. The van der Waals surface area contributed by atoms with Crippen LogP contribution in [0.25, 0.3) is 0 Å². The van der Waals surface area contributed by atoms with E-state index in [-0.39, 0.29) is 12.3 Å². The topological polar surface area (TPSA) is 50.8 Å². The van der Waals surface area contributed by atoms with Crippen LogP contribution in [0.2, 0.25) is 0 Å². The van der Waals surface area contributed by atoms with E-state index in [1.807, 2.05) is 0 Å². The third-order valence-electron chi connectivity index (χ3n) is 2.25. The van der Waals surface area contributed by atoms with Crippen LogP contribution < -0.4 is 14.9 Å². The molecule has 0 saturated carbocycles. The number of amides is 1. The molecule has 5 nitrogen and oxygen atoms in total. The van der Waals surface area contributed by atoms with Crippen molar-refractivity contribution in [2.45, 2.75) is 6.42 Å². The summed E-state index contributed by atoms with van der Waals surface area (Å²) >= 11 is 3.42. The molecule has 1 rings (SSSR count). The predicted octanol–water partition coefficient (Wildman–Crippen LogP) is 1.60. The summed E-state index contributed by atoms with van der Waals surface area (Å²) in [6, 6.07) is 3.58. The van der Waals surface area contributed by atoms with E-state index in [0.717, 1.165) is 10.0 Å². The quantitative estimate of drug-likeness (QED) is 0.838. The zero-order valence-corrected chi connectivity index (χ0v) is 12.5. The second kappa shape index (κ2) is 6.61. The van der Waals surface area contributed by atoms with Crippen LogP contribution in [0.1, 0.15) is 5.56 Å². The molecule has 0 saturated heterocycles. The number of hydrogen-bond donors (Lipinski definition) is 1. The monoisotopic (exact) mass is 316 g/mol. The van der Waals surface area contributed by atoms with Crippen molar-refractivity contribution in [2.24, 2.45) is 0 Å². The highest BCUT2D eigenvalue weighted by atomic mass is 79.9. The van der Waals surface area contributed by atoms with Gasteiger partial charge in [-0.3, -0.25) is 10.2 Å². The van der Waals surface area contributed by atoms with Gasteiger partial charge in [-0.2, -0.15) is 0 Å². The number of nitrogens with one attached hydrogen (secondary N) is 1. The van der Waals surface area contributed by atoms with Crippen LogP contribution in [0.3, 0.4) is 0 Å². The van der Waals surface area contributed by atoms with Crippen LogP contribution in [-0.2, 0) is 11.2 Å². The summed E-state index contributed by atoms with van der Waals surface area (Å²) in [7, 11) is 6.67. The molecule has 18 heavy (non-hydrogen) atoms. The van der Waals surface area contributed by atoms with Gasteiger partial charge in [0.15, 0.2) is 11.5 Å². The summed E-state index contributed by atoms with van der Waals surface area (Å²) in [5.41, 5.74) is 3.53. The summed E-state index contributed by atoms with van der Waals surface area (Å²) in [5.74, 6) is 1.14. The summed E-state index contributed by atoms with van der Waals surface area (Å²) in [5, 5.41) is 1.61. The number of nitrogens with zero attached hydrogens (tertiary/aromatic N) is 1. The molecule has 1 amide bonds. The van der Waals surface area contributed by atoms with E-state index in [0.29, 0.717) is 11.5 Å². The first-order chi connectivity index (χ1) is 8.47. The van der Waals surface area contributed by atoms with Gasteiger partial charge >= 0.3 is 0 Å². The molecule has 0 spiro atoms. The minimum Gasteiger partial charge on any atom is -0.493 e. The van der Waals surface area contributed by atoms with E-state index < -0.39 is 0 Å². The fourth-order valence-electron chi connectivity index (χ4n) is 1.49. The molecular weight excluding hydrogens is 300 g/mol. The molecule has 1 aromatic carbocycles. The van der Waals surface area contributed by atoms with Gasteiger partial charge in [0.05, 0.1) is 20.6 Å². The lowest BCUT2D eigenvalue weighted by atomic mass is 10.1. The van der Waals surface area contributed by atoms with Crippen LogP contribution in [0.5, 0.6) is 11.5 Å².